The minimum atomic E-state index is -0.558. The molecule has 3 heterocycles. The van der Waals surface area contributed by atoms with Crippen LogP contribution in [0.3, 0.4) is 0 Å². The number of carbonyl (C=O) groups is 2. The van der Waals surface area contributed by atoms with E-state index in [1.807, 2.05) is 23.8 Å². The van der Waals surface area contributed by atoms with Crippen molar-refractivity contribution in [2.24, 2.45) is 0 Å². The van der Waals surface area contributed by atoms with Crippen LogP contribution in [-0.2, 0) is 4.74 Å². The van der Waals surface area contributed by atoms with Crippen molar-refractivity contribution in [3.05, 3.63) is 77.1 Å². The highest BCUT2D eigenvalue weighted by Gasteiger charge is 2.19. The van der Waals surface area contributed by atoms with E-state index >= 15 is 0 Å². The first-order chi connectivity index (χ1) is 14.0. The number of aryl methyl sites for hydroxylation is 1. The minimum absolute atomic E-state index is 0.256. The van der Waals surface area contributed by atoms with Gasteiger partial charge in [0.15, 0.2) is 11.7 Å². The van der Waals surface area contributed by atoms with Gasteiger partial charge in [-0.2, -0.15) is 5.10 Å². The first-order valence-corrected chi connectivity index (χ1v) is 9.67. The van der Waals surface area contributed by atoms with Crippen LogP contribution in [0, 0.1) is 13.8 Å². The van der Waals surface area contributed by atoms with Gasteiger partial charge < -0.3 is 4.74 Å². The topological polar surface area (TPSA) is 91.9 Å². The third kappa shape index (κ3) is 3.72. The van der Waals surface area contributed by atoms with Gasteiger partial charge in [-0.15, -0.1) is 11.3 Å². The molecule has 0 amide bonds. The molecule has 4 rings (SSSR count). The second-order valence-corrected chi connectivity index (χ2v) is 7.19. The summed E-state index contributed by atoms with van der Waals surface area (Å²) in [5.74, 6) is -0.814. The van der Waals surface area contributed by atoms with E-state index in [1.165, 1.54) is 17.7 Å². The number of hydrogen-bond acceptors (Lipinski definition) is 7. The maximum atomic E-state index is 12.6. The van der Waals surface area contributed by atoms with E-state index in [4.69, 9.17) is 4.74 Å². The molecule has 0 saturated heterocycles. The van der Waals surface area contributed by atoms with Crippen molar-refractivity contribution in [2.75, 3.05) is 6.61 Å². The number of hydrogen-bond donors (Lipinski definition) is 0. The van der Waals surface area contributed by atoms with Gasteiger partial charge in [0.1, 0.15) is 12.7 Å². The summed E-state index contributed by atoms with van der Waals surface area (Å²) in [6.45, 7) is 3.44. The minimum Gasteiger partial charge on any atom is -0.454 e. The Morgan fingerprint density at radius 2 is 1.97 bits per heavy atom. The number of carbonyl (C=O) groups excluding carboxylic acids is 2. The van der Waals surface area contributed by atoms with E-state index in [1.54, 1.807) is 47.5 Å². The molecule has 0 aliphatic heterocycles. The summed E-state index contributed by atoms with van der Waals surface area (Å²) >= 11 is 1.49. The summed E-state index contributed by atoms with van der Waals surface area (Å²) < 4.78 is 8.72. The predicted octanol–water partition coefficient (Wildman–Crippen LogP) is 3.17. The van der Waals surface area contributed by atoms with Gasteiger partial charge in [0.05, 0.1) is 11.3 Å². The number of ketones is 1. The highest BCUT2D eigenvalue weighted by Crippen LogP contribution is 2.22. The molecule has 1 aromatic carbocycles. The van der Waals surface area contributed by atoms with Gasteiger partial charge in [0.25, 0.3) is 0 Å². The van der Waals surface area contributed by atoms with Crippen LogP contribution in [-0.4, -0.2) is 42.7 Å². The highest BCUT2D eigenvalue weighted by atomic mass is 32.1. The molecule has 0 aliphatic carbocycles. The average Bonchev–Trinajstić information content (AvgIpc) is 3.48. The molecule has 0 atom stereocenters. The van der Waals surface area contributed by atoms with Crippen LogP contribution >= 0.6 is 11.3 Å². The van der Waals surface area contributed by atoms with Crippen LogP contribution in [0.25, 0.3) is 10.8 Å². The van der Waals surface area contributed by atoms with Gasteiger partial charge in [-0.05, 0) is 44.2 Å². The van der Waals surface area contributed by atoms with Crippen molar-refractivity contribution in [1.82, 2.24) is 24.3 Å². The van der Waals surface area contributed by atoms with E-state index in [0.717, 1.165) is 22.2 Å². The number of benzene rings is 1. The first-order valence-electron chi connectivity index (χ1n) is 8.79. The molecule has 9 heteroatoms. The summed E-state index contributed by atoms with van der Waals surface area (Å²) in [5, 5.41) is 6.70. The third-order valence-electron chi connectivity index (χ3n) is 4.46. The number of aromatic nitrogens is 5. The van der Waals surface area contributed by atoms with Crippen molar-refractivity contribution in [2.45, 2.75) is 13.8 Å². The number of ether oxygens (including phenoxy) is 1. The Morgan fingerprint density at radius 1 is 1.17 bits per heavy atom. The molecule has 0 saturated carbocycles. The Labute approximate surface area is 170 Å². The van der Waals surface area contributed by atoms with Gasteiger partial charge >= 0.3 is 5.97 Å². The maximum Gasteiger partial charge on any atom is 0.338 e. The summed E-state index contributed by atoms with van der Waals surface area (Å²) in [6.07, 6.45) is 4.71. The van der Waals surface area contributed by atoms with Crippen LogP contribution in [0.2, 0.25) is 0 Å². The summed E-state index contributed by atoms with van der Waals surface area (Å²) in [6, 6.07) is 8.50. The van der Waals surface area contributed by atoms with Gasteiger partial charge in [-0.3, -0.25) is 9.36 Å². The quantitative estimate of drug-likeness (QED) is 0.360. The lowest BCUT2D eigenvalue weighted by molar-refractivity contribution is 0.0474. The first kappa shape index (κ1) is 18.8. The van der Waals surface area contributed by atoms with Gasteiger partial charge in [0.2, 0.25) is 5.78 Å². The largest absolute Gasteiger partial charge is 0.454 e. The SMILES string of the molecule is Cc1cc(C(=O)COC(=O)c2ccc(-n3cncn3)cc2)c(C)n1-c1nccs1. The smallest absolute Gasteiger partial charge is 0.338 e. The Hall–Kier alpha value is -3.59. The van der Waals surface area contributed by atoms with E-state index in [2.05, 4.69) is 15.1 Å². The maximum absolute atomic E-state index is 12.6. The zero-order valence-corrected chi connectivity index (χ0v) is 16.6. The van der Waals surface area contributed by atoms with E-state index in [-0.39, 0.29) is 12.4 Å². The monoisotopic (exact) mass is 407 g/mol. The summed E-state index contributed by atoms with van der Waals surface area (Å²) in [4.78, 5) is 33.1. The van der Waals surface area contributed by atoms with Gasteiger partial charge in [-0.1, -0.05) is 0 Å². The number of thiazole rings is 1. The number of nitrogens with zero attached hydrogens (tertiary/aromatic N) is 5. The fraction of sp³-hybridized carbons (Fsp3) is 0.150. The lowest BCUT2D eigenvalue weighted by atomic mass is 10.1. The molecule has 29 heavy (non-hydrogen) atoms. The molecule has 146 valence electrons. The fourth-order valence-corrected chi connectivity index (χ4v) is 3.80. The Balaban J connectivity index is 1.43. The molecule has 8 nitrogen and oxygen atoms in total. The zero-order valence-electron chi connectivity index (χ0n) is 15.8. The fourth-order valence-electron chi connectivity index (χ4n) is 3.05. The molecular formula is C20H17N5O3S. The number of Topliss-reactive ketones (excluding diaryl/α,β-unsaturated/α-hetero) is 1. The van der Waals surface area contributed by atoms with Crippen molar-refractivity contribution in [3.8, 4) is 10.8 Å². The van der Waals surface area contributed by atoms with Crippen LogP contribution < -0.4 is 0 Å². The highest BCUT2D eigenvalue weighted by molar-refractivity contribution is 7.12. The lowest BCUT2D eigenvalue weighted by Gasteiger charge is -2.07. The molecule has 3 aromatic heterocycles. The normalized spacial score (nSPS) is 10.8. The predicted molar refractivity (Wildman–Crippen MR) is 107 cm³/mol. The Morgan fingerprint density at radius 3 is 2.62 bits per heavy atom. The molecule has 0 fully saturated rings. The van der Waals surface area contributed by atoms with Crippen molar-refractivity contribution >= 4 is 23.1 Å². The van der Waals surface area contributed by atoms with Gasteiger partial charge in [-0.25, -0.2) is 19.4 Å². The summed E-state index contributed by atoms with van der Waals surface area (Å²) in [5.41, 5.74) is 3.32. The van der Waals surface area contributed by atoms with Crippen LogP contribution in [0.5, 0.6) is 0 Å². The lowest BCUT2D eigenvalue weighted by Crippen LogP contribution is -2.15. The van der Waals surface area contributed by atoms with Crippen molar-refractivity contribution in [1.29, 1.82) is 0 Å². The second kappa shape index (κ2) is 7.80. The van der Waals surface area contributed by atoms with E-state index in [9.17, 15) is 9.59 Å². The molecule has 0 spiro atoms. The van der Waals surface area contributed by atoms with Crippen LogP contribution in [0.15, 0.2) is 54.6 Å². The molecule has 0 bridgehead atoms. The second-order valence-electron chi connectivity index (χ2n) is 6.32. The van der Waals surface area contributed by atoms with Crippen molar-refractivity contribution in [3.63, 3.8) is 0 Å². The Kier molecular flexibility index (Phi) is 5.05. The molecule has 4 aromatic rings. The number of esters is 1. The van der Waals surface area contributed by atoms with Gasteiger partial charge in [0, 0.05) is 28.5 Å². The van der Waals surface area contributed by atoms with Crippen LogP contribution in [0.4, 0.5) is 0 Å². The molecule has 0 radical (unpaired) electrons. The number of rotatable bonds is 6. The standard InChI is InChI=1S/C20H17N5O3S/c1-13-9-17(14(2)25(13)20-22-7-8-29-20)18(26)10-28-19(27)15-3-5-16(6-4-15)24-12-21-11-23-24/h3-9,11-12H,10H2,1-2H3. The average molecular weight is 407 g/mol. The van der Waals surface area contributed by atoms with E-state index < -0.39 is 5.97 Å². The third-order valence-corrected chi connectivity index (χ3v) is 5.22. The van der Waals surface area contributed by atoms with E-state index in [0.29, 0.717) is 11.1 Å². The molecular weight excluding hydrogens is 390 g/mol. The molecule has 0 N–H and O–H groups in total. The van der Waals surface area contributed by atoms with Crippen LogP contribution in [0.1, 0.15) is 32.1 Å². The molecule has 0 aliphatic rings. The molecule has 0 unspecified atom stereocenters. The van der Waals surface area contributed by atoms with Crippen molar-refractivity contribution < 1.29 is 14.3 Å². The summed E-state index contributed by atoms with van der Waals surface area (Å²) in [7, 11) is 0. The Bertz CT molecular complexity index is 1150. The zero-order chi connectivity index (χ0) is 20.4.